The molecule has 0 bridgehead atoms. The lowest BCUT2D eigenvalue weighted by Crippen LogP contribution is -2.30. The number of hydrogen-bond donors (Lipinski definition) is 0. The first-order valence-corrected chi connectivity index (χ1v) is 5.02. The van der Waals surface area contributed by atoms with Crippen molar-refractivity contribution in [2.24, 2.45) is 11.8 Å². The average molecular weight is 172 g/mol. The molecule has 0 N–H and O–H groups in total. The van der Waals surface area contributed by atoms with Crippen LogP contribution in [0.4, 0.5) is 0 Å². The van der Waals surface area contributed by atoms with Crippen LogP contribution in [-0.4, -0.2) is 26.4 Å². The van der Waals surface area contributed by atoms with Gasteiger partial charge in [0.2, 0.25) is 0 Å². The zero-order valence-corrected chi connectivity index (χ0v) is 8.21. The molecule has 0 radical (unpaired) electrons. The van der Waals surface area contributed by atoms with Gasteiger partial charge in [0.15, 0.2) is 0 Å². The second kappa shape index (κ2) is 5.55. The summed E-state index contributed by atoms with van der Waals surface area (Å²) in [5.41, 5.74) is 0. The maximum atomic E-state index is 5.35. The first-order chi connectivity index (χ1) is 5.86. The van der Waals surface area contributed by atoms with Crippen molar-refractivity contribution in [3.05, 3.63) is 0 Å². The van der Waals surface area contributed by atoms with Crippen molar-refractivity contribution >= 4 is 0 Å². The van der Waals surface area contributed by atoms with Crippen LogP contribution in [0, 0.1) is 11.8 Å². The maximum absolute atomic E-state index is 5.35. The summed E-state index contributed by atoms with van der Waals surface area (Å²) in [6.45, 7) is 7.73. The fourth-order valence-corrected chi connectivity index (χ4v) is 1.71. The highest BCUT2D eigenvalue weighted by Gasteiger charge is 2.28. The van der Waals surface area contributed by atoms with Gasteiger partial charge in [-0.1, -0.05) is 0 Å². The molecule has 1 rings (SSSR count). The van der Waals surface area contributed by atoms with E-state index in [0.29, 0.717) is 0 Å². The standard InChI is InChI=1S/C10H20O2/c1-3-11-7-9-5-10(6-9)8-12-4-2/h9-10H,3-8H2,1-2H3. The Morgan fingerprint density at radius 2 is 1.33 bits per heavy atom. The lowest BCUT2D eigenvalue weighted by atomic mass is 9.76. The van der Waals surface area contributed by atoms with Crippen molar-refractivity contribution in [1.82, 2.24) is 0 Å². The van der Waals surface area contributed by atoms with Gasteiger partial charge in [-0.15, -0.1) is 0 Å². The van der Waals surface area contributed by atoms with Crippen molar-refractivity contribution < 1.29 is 9.47 Å². The number of ether oxygens (including phenoxy) is 2. The molecular weight excluding hydrogens is 152 g/mol. The van der Waals surface area contributed by atoms with Crippen LogP contribution in [0.3, 0.4) is 0 Å². The summed E-state index contributed by atoms with van der Waals surface area (Å²) in [5, 5.41) is 0. The Kier molecular flexibility index (Phi) is 4.62. The maximum Gasteiger partial charge on any atom is 0.0494 e. The van der Waals surface area contributed by atoms with Gasteiger partial charge in [0, 0.05) is 26.4 Å². The Hall–Kier alpha value is -0.0800. The van der Waals surface area contributed by atoms with Crippen molar-refractivity contribution in [2.45, 2.75) is 26.7 Å². The van der Waals surface area contributed by atoms with Crippen LogP contribution in [0.1, 0.15) is 26.7 Å². The second-order valence-corrected chi connectivity index (χ2v) is 3.52. The molecule has 1 aliphatic rings. The minimum absolute atomic E-state index is 0.815. The van der Waals surface area contributed by atoms with E-state index in [2.05, 4.69) is 13.8 Å². The SMILES string of the molecule is CCOCC1CC(COCC)C1. The number of hydrogen-bond acceptors (Lipinski definition) is 2. The lowest BCUT2D eigenvalue weighted by molar-refractivity contribution is 0.00757. The number of rotatable bonds is 6. The molecule has 1 aliphatic carbocycles. The van der Waals surface area contributed by atoms with E-state index in [1.54, 1.807) is 0 Å². The van der Waals surface area contributed by atoms with E-state index in [1.807, 2.05) is 0 Å². The molecule has 0 saturated heterocycles. The second-order valence-electron chi connectivity index (χ2n) is 3.52. The summed E-state index contributed by atoms with van der Waals surface area (Å²) in [5.74, 6) is 1.63. The normalized spacial score (nSPS) is 28.5. The molecule has 12 heavy (non-hydrogen) atoms. The van der Waals surface area contributed by atoms with Crippen LogP contribution >= 0.6 is 0 Å². The van der Waals surface area contributed by atoms with Crippen molar-refractivity contribution in [3.8, 4) is 0 Å². The average Bonchev–Trinajstić information content (AvgIpc) is 2.01. The summed E-state index contributed by atoms with van der Waals surface area (Å²) in [6, 6.07) is 0. The minimum atomic E-state index is 0.815. The summed E-state index contributed by atoms with van der Waals surface area (Å²) >= 11 is 0. The van der Waals surface area contributed by atoms with Crippen molar-refractivity contribution in [1.29, 1.82) is 0 Å². The summed E-state index contributed by atoms with van der Waals surface area (Å²) in [4.78, 5) is 0. The molecule has 1 fully saturated rings. The first-order valence-electron chi connectivity index (χ1n) is 5.02. The van der Waals surface area contributed by atoms with Crippen LogP contribution in [-0.2, 0) is 9.47 Å². The van der Waals surface area contributed by atoms with E-state index in [0.717, 1.165) is 38.3 Å². The third kappa shape index (κ3) is 3.11. The highest BCUT2D eigenvalue weighted by Crippen LogP contribution is 2.33. The Morgan fingerprint density at radius 1 is 0.917 bits per heavy atom. The molecule has 0 aromatic rings. The van der Waals surface area contributed by atoms with Crippen LogP contribution in [0.25, 0.3) is 0 Å². The predicted octanol–water partition coefficient (Wildman–Crippen LogP) is 2.09. The van der Waals surface area contributed by atoms with Gasteiger partial charge in [-0.2, -0.15) is 0 Å². The smallest absolute Gasteiger partial charge is 0.0494 e. The van der Waals surface area contributed by atoms with Gasteiger partial charge in [-0.25, -0.2) is 0 Å². The van der Waals surface area contributed by atoms with Gasteiger partial charge in [-0.05, 0) is 38.5 Å². The largest absolute Gasteiger partial charge is 0.381 e. The molecule has 0 aliphatic heterocycles. The van der Waals surface area contributed by atoms with E-state index in [4.69, 9.17) is 9.47 Å². The highest BCUT2D eigenvalue weighted by molar-refractivity contribution is 4.78. The fourth-order valence-electron chi connectivity index (χ4n) is 1.71. The molecule has 2 heteroatoms. The third-order valence-corrected chi connectivity index (χ3v) is 2.45. The summed E-state index contributed by atoms with van der Waals surface area (Å²) in [6.07, 6.45) is 2.61. The molecule has 72 valence electrons. The van der Waals surface area contributed by atoms with Crippen molar-refractivity contribution in [3.63, 3.8) is 0 Å². The van der Waals surface area contributed by atoms with E-state index in [-0.39, 0.29) is 0 Å². The zero-order valence-electron chi connectivity index (χ0n) is 8.21. The molecule has 0 spiro atoms. The fraction of sp³-hybridized carbons (Fsp3) is 1.00. The van der Waals surface area contributed by atoms with Gasteiger partial charge in [0.25, 0.3) is 0 Å². The van der Waals surface area contributed by atoms with Crippen molar-refractivity contribution in [2.75, 3.05) is 26.4 Å². The Morgan fingerprint density at radius 3 is 1.67 bits per heavy atom. The molecule has 0 amide bonds. The lowest BCUT2D eigenvalue weighted by Gasteiger charge is -2.34. The summed E-state index contributed by atoms with van der Waals surface area (Å²) in [7, 11) is 0. The van der Waals surface area contributed by atoms with Gasteiger partial charge in [-0.3, -0.25) is 0 Å². The molecule has 0 atom stereocenters. The van der Waals surface area contributed by atoms with Crippen LogP contribution < -0.4 is 0 Å². The van der Waals surface area contributed by atoms with Gasteiger partial charge < -0.3 is 9.47 Å². The Labute approximate surface area is 75.2 Å². The minimum Gasteiger partial charge on any atom is -0.381 e. The molecule has 0 unspecified atom stereocenters. The van der Waals surface area contributed by atoms with Crippen LogP contribution in [0.2, 0.25) is 0 Å². The molecular formula is C10H20O2. The van der Waals surface area contributed by atoms with Gasteiger partial charge >= 0.3 is 0 Å². The van der Waals surface area contributed by atoms with E-state index in [1.165, 1.54) is 12.8 Å². The topological polar surface area (TPSA) is 18.5 Å². The van der Waals surface area contributed by atoms with Crippen LogP contribution in [0.15, 0.2) is 0 Å². The van der Waals surface area contributed by atoms with Gasteiger partial charge in [0.05, 0.1) is 0 Å². The molecule has 1 saturated carbocycles. The third-order valence-electron chi connectivity index (χ3n) is 2.45. The first kappa shape index (κ1) is 10.0. The quantitative estimate of drug-likeness (QED) is 0.610. The van der Waals surface area contributed by atoms with E-state index >= 15 is 0 Å². The van der Waals surface area contributed by atoms with E-state index in [9.17, 15) is 0 Å². The molecule has 0 heterocycles. The summed E-state index contributed by atoms with van der Waals surface area (Å²) < 4.78 is 10.7. The highest BCUT2D eigenvalue weighted by atomic mass is 16.5. The van der Waals surface area contributed by atoms with E-state index < -0.39 is 0 Å². The zero-order chi connectivity index (χ0) is 8.81. The Bertz CT molecular complexity index is 96.4. The molecule has 0 aromatic carbocycles. The van der Waals surface area contributed by atoms with Gasteiger partial charge in [0.1, 0.15) is 0 Å². The molecule has 2 nitrogen and oxygen atoms in total. The van der Waals surface area contributed by atoms with Crippen LogP contribution in [0.5, 0.6) is 0 Å². The monoisotopic (exact) mass is 172 g/mol. The Balaban J connectivity index is 1.89. The molecule has 0 aromatic heterocycles. The predicted molar refractivity (Wildman–Crippen MR) is 49.2 cm³/mol.